The molecule has 1 fully saturated rings. The molecule has 1 aliphatic heterocycles. The summed E-state index contributed by atoms with van der Waals surface area (Å²) in [6, 6.07) is -0.0938. The average molecular weight is 219 g/mol. The van der Waals surface area contributed by atoms with Gasteiger partial charge < -0.3 is 25.1 Å². The highest BCUT2D eigenvalue weighted by Gasteiger charge is 2.37. The highest BCUT2D eigenvalue weighted by atomic mass is 16.7. The van der Waals surface area contributed by atoms with E-state index in [1.165, 1.54) is 0 Å². The number of hydrogen-bond donors (Lipinski definition) is 2. The molecule has 0 bridgehead atoms. The van der Waals surface area contributed by atoms with Crippen LogP contribution in [0, 0.1) is 0 Å². The molecular weight excluding hydrogens is 198 g/mol. The van der Waals surface area contributed by atoms with Crippen molar-refractivity contribution in [1.82, 2.24) is 0 Å². The lowest BCUT2D eigenvalue weighted by atomic mass is 10.0. The van der Waals surface area contributed by atoms with E-state index in [0.717, 1.165) is 0 Å². The van der Waals surface area contributed by atoms with Crippen LogP contribution in [0.15, 0.2) is 0 Å². The van der Waals surface area contributed by atoms with Gasteiger partial charge in [0.25, 0.3) is 0 Å². The van der Waals surface area contributed by atoms with E-state index in [1.54, 1.807) is 21.0 Å². The normalized spacial score (nSPS) is 38.0. The predicted octanol–water partition coefficient (Wildman–Crippen LogP) is 0.209. The second-order valence-corrected chi connectivity index (χ2v) is 4.45. The van der Waals surface area contributed by atoms with Crippen LogP contribution in [-0.2, 0) is 14.2 Å². The Kier molecular flexibility index (Phi) is 4.08. The Bertz CT molecular complexity index is 204. The Morgan fingerprint density at radius 3 is 2.53 bits per heavy atom. The fourth-order valence-electron chi connectivity index (χ4n) is 1.65. The van der Waals surface area contributed by atoms with Crippen LogP contribution in [0.4, 0.5) is 0 Å². The van der Waals surface area contributed by atoms with E-state index >= 15 is 0 Å². The van der Waals surface area contributed by atoms with Crippen molar-refractivity contribution in [2.45, 2.75) is 57.5 Å². The molecule has 4 atom stereocenters. The minimum atomic E-state index is -1.20. The molecule has 1 heterocycles. The summed E-state index contributed by atoms with van der Waals surface area (Å²) in [6.45, 7) is 5.05. The molecule has 0 radical (unpaired) electrons. The standard InChI is InChI=1S/C10H21NO4/c1-6-7(11)5-8(9(13-4)14-6)15-10(2,3)12/h6-9,12H,5,11H2,1-4H3/t6-,7+,8+,9+/m0/s1. The minimum absolute atomic E-state index is 0.0587. The summed E-state index contributed by atoms with van der Waals surface area (Å²) in [5, 5.41) is 9.56. The fraction of sp³-hybridized carbons (Fsp3) is 1.00. The molecule has 3 N–H and O–H groups in total. The first-order chi connectivity index (χ1) is 6.83. The first-order valence-corrected chi connectivity index (χ1v) is 5.17. The SMILES string of the molecule is CO[C@@H]1O[C@@H](C)[C@H](N)C[C@H]1OC(C)(C)O. The Hall–Kier alpha value is -0.200. The van der Waals surface area contributed by atoms with Gasteiger partial charge in [-0.2, -0.15) is 0 Å². The summed E-state index contributed by atoms with van der Waals surface area (Å²) in [5.41, 5.74) is 5.86. The van der Waals surface area contributed by atoms with Crippen molar-refractivity contribution >= 4 is 0 Å². The van der Waals surface area contributed by atoms with Gasteiger partial charge in [-0.1, -0.05) is 0 Å². The van der Waals surface area contributed by atoms with Gasteiger partial charge in [-0.05, 0) is 27.2 Å². The van der Waals surface area contributed by atoms with Crippen LogP contribution in [0.1, 0.15) is 27.2 Å². The molecule has 0 unspecified atom stereocenters. The molecule has 1 saturated heterocycles. The third-order valence-electron chi connectivity index (χ3n) is 2.43. The molecule has 5 heteroatoms. The summed E-state index contributed by atoms with van der Waals surface area (Å²) in [6.07, 6.45) is -0.243. The van der Waals surface area contributed by atoms with E-state index in [0.29, 0.717) is 6.42 Å². The van der Waals surface area contributed by atoms with Gasteiger partial charge >= 0.3 is 0 Å². The van der Waals surface area contributed by atoms with Gasteiger partial charge in [-0.3, -0.25) is 0 Å². The van der Waals surface area contributed by atoms with Crippen LogP contribution in [0.5, 0.6) is 0 Å². The molecule has 0 spiro atoms. The molecule has 90 valence electrons. The maximum atomic E-state index is 9.56. The molecule has 0 saturated carbocycles. The predicted molar refractivity (Wildman–Crippen MR) is 55.1 cm³/mol. The average Bonchev–Trinajstić information content (AvgIpc) is 2.08. The van der Waals surface area contributed by atoms with Gasteiger partial charge in [0.05, 0.1) is 6.10 Å². The van der Waals surface area contributed by atoms with E-state index in [2.05, 4.69) is 0 Å². The van der Waals surface area contributed by atoms with Crippen molar-refractivity contribution < 1.29 is 19.3 Å². The Labute approximate surface area is 90.5 Å². The Balaban J connectivity index is 2.61. The van der Waals surface area contributed by atoms with E-state index in [9.17, 15) is 5.11 Å². The summed E-state index contributed by atoms with van der Waals surface area (Å²) in [4.78, 5) is 0. The third-order valence-corrected chi connectivity index (χ3v) is 2.43. The molecule has 0 amide bonds. The molecular formula is C10H21NO4. The van der Waals surface area contributed by atoms with Crippen molar-refractivity contribution in [1.29, 1.82) is 0 Å². The maximum absolute atomic E-state index is 9.56. The fourth-order valence-corrected chi connectivity index (χ4v) is 1.65. The minimum Gasteiger partial charge on any atom is -0.366 e. The van der Waals surface area contributed by atoms with Crippen LogP contribution >= 0.6 is 0 Å². The van der Waals surface area contributed by atoms with Crippen molar-refractivity contribution in [2.24, 2.45) is 5.73 Å². The molecule has 15 heavy (non-hydrogen) atoms. The molecule has 0 aromatic rings. The van der Waals surface area contributed by atoms with Gasteiger partial charge in [-0.15, -0.1) is 0 Å². The summed E-state index contributed by atoms with van der Waals surface area (Å²) >= 11 is 0. The third kappa shape index (κ3) is 3.70. The molecule has 0 aromatic carbocycles. The quantitative estimate of drug-likeness (QED) is 0.664. The maximum Gasteiger partial charge on any atom is 0.183 e. The second kappa shape index (κ2) is 4.76. The van der Waals surface area contributed by atoms with E-state index in [1.807, 2.05) is 6.92 Å². The number of ether oxygens (including phenoxy) is 3. The van der Waals surface area contributed by atoms with Crippen molar-refractivity contribution in [2.75, 3.05) is 7.11 Å². The number of aliphatic hydroxyl groups is 1. The van der Waals surface area contributed by atoms with Gasteiger partial charge in [0.1, 0.15) is 6.10 Å². The van der Waals surface area contributed by atoms with Crippen LogP contribution < -0.4 is 5.73 Å². The van der Waals surface area contributed by atoms with E-state index in [4.69, 9.17) is 19.9 Å². The molecule has 0 aliphatic carbocycles. The second-order valence-electron chi connectivity index (χ2n) is 4.45. The summed E-state index contributed by atoms with van der Waals surface area (Å²) in [7, 11) is 1.55. The molecule has 1 aliphatic rings. The highest BCUT2D eigenvalue weighted by Crippen LogP contribution is 2.24. The lowest BCUT2D eigenvalue weighted by Gasteiger charge is -2.39. The largest absolute Gasteiger partial charge is 0.366 e. The van der Waals surface area contributed by atoms with Crippen LogP contribution in [0.2, 0.25) is 0 Å². The first kappa shape index (κ1) is 12.9. The van der Waals surface area contributed by atoms with Gasteiger partial charge in [0, 0.05) is 13.2 Å². The van der Waals surface area contributed by atoms with Crippen LogP contribution in [0.3, 0.4) is 0 Å². The lowest BCUT2D eigenvalue weighted by Crippen LogP contribution is -2.53. The smallest absolute Gasteiger partial charge is 0.183 e. The van der Waals surface area contributed by atoms with Gasteiger partial charge in [0.15, 0.2) is 12.1 Å². The van der Waals surface area contributed by atoms with E-state index < -0.39 is 12.1 Å². The van der Waals surface area contributed by atoms with Crippen molar-refractivity contribution in [3.05, 3.63) is 0 Å². The molecule has 5 nitrogen and oxygen atoms in total. The zero-order valence-corrected chi connectivity index (χ0v) is 9.77. The monoisotopic (exact) mass is 219 g/mol. The molecule has 1 rings (SSSR count). The molecule has 0 aromatic heterocycles. The number of rotatable bonds is 3. The number of methoxy groups -OCH3 is 1. The number of nitrogens with two attached hydrogens (primary N) is 1. The number of hydrogen-bond acceptors (Lipinski definition) is 5. The van der Waals surface area contributed by atoms with Crippen LogP contribution in [0.25, 0.3) is 0 Å². The topological polar surface area (TPSA) is 73.9 Å². The summed E-state index contributed by atoms with van der Waals surface area (Å²) < 4.78 is 16.1. The van der Waals surface area contributed by atoms with Gasteiger partial charge in [0.2, 0.25) is 0 Å². The first-order valence-electron chi connectivity index (χ1n) is 5.17. The zero-order valence-electron chi connectivity index (χ0n) is 9.77. The van der Waals surface area contributed by atoms with E-state index in [-0.39, 0.29) is 18.2 Å². The zero-order chi connectivity index (χ0) is 11.6. The Morgan fingerprint density at radius 1 is 1.47 bits per heavy atom. The van der Waals surface area contributed by atoms with Crippen molar-refractivity contribution in [3.63, 3.8) is 0 Å². The van der Waals surface area contributed by atoms with Crippen LogP contribution in [-0.4, -0.2) is 42.5 Å². The summed E-state index contributed by atoms with van der Waals surface area (Å²) in [5.74, 6) is -1.20. The Morgan fingerprint density at radius 2 is 2.07 bits per heavy atom. The van der Waals surface area contributed by atoms with Gasteiger partial charge in [-0.25, -0.2) is 0 Å². The highest BCUT2D eigenvalue weighted by molar-refractivity contribution is 4.83. The lowest BCUT2D eigenvalue weighted by molar-refractivity contribution is -0.298. The van der Waals surface area contributed by atoms with Crippen molar-refractivity contribution in [3.8, 4) is 0 Å².